The third-order valence-corrected chi connectivity index (χ3v) is 3.15. The van der Waals surface area contributed by atoms with E-state index in [1.54, 1.807) is 12.1 Å². The molecule has 0 aromatic heterocycles. The summed E-state index contributed by atoms with van der Waals surface area (Å²) in [6, 6.07) is 5.86. The lowest BCUT2D eigenvalue weighted by molar-refractivity contribution is 0.0601. The summed E-state index contributed by atoms with van der Waals surface area (Å²) in [7, 11) is 3.39. The summed E-state index contributed by atoms with van der Waals surface area (Å²) in [5, 5.41) is 0.595. The van der Waals surface area contributed by atoms with Crippen molar-refractivity contribution < 1.29 is 9.53 Å². The molecule has 16 heavy (non-hydrogen) atoms. The molecule has 1 aromatic rings. The van der Waals surface area contributed by atoms with Crippen LogP contribution in [0.1, 0.15) is 23.2 Å². The van der Waals surface area contributed by atoms with E-state index < -0.39 is 0 Å². The van der Waals surface area contributed by atoms with Gasteiger partial charge in [0.05, 0.1) is 23.4 Å². The van der Waals surface area contributed by atoms with Gasteiger partial charge in [0.15, 0.2) is 0 Å². The second kappa shape index (κ2) is 4.34. The zero-order valence-corrected chi connectivity index (χ0v) is 10.1. The molecule has 1 aliphatic carbocycles. The number of carbonyl (C=O) groups is 1. The van der Waals surface area contributed by atoms with Crippen molar-refractivity contribution in [3.63, 3.8) is 0 Å². The highest BCUT2D eigenvalue weighted by Crippen LogP contribution is 2.34. The van der Waals surface area contributed by atoms with Gasteiger partial charge in [0.25, 0.3) is 0 Å². The maximum Gasteiger partial charge on any atom is 0.337 e. The van der Waals surface area contributed by atoms with Crippen molar-refractivity contribution in [3.8, 4) is 0 Å². The molecule has 3 nitrogen and oxygen atoms in total. The molecular formula is C12H14ClNO2. The van der Waals surface area contributed by atoms with Crippen LogP contribution in [0, 0.1) is 0 Å². The molecule has 4 heteroatoms. The van der Waals surface area contributed by atoms with Crippen LogP contribution in [0.25, 0.3) is 0 Å². The average Bonchev–Trinajstić information content (AvgIpc) is 3.10. The van der Waals surface area contributed by atoms with Crippen LogP contribution in [0.5, 0.6) is 0 Å². The Morgan fingerprint density at radius 2 is 2.19 bits per heavy atom. The topological polar surface area (TPSA) is 29.5 Å². The van der Waals surface area contributed by atoms with Gasteiger partial charge in [0.1, 0.15) is 0 Å². The first-order valence-corrected chi connectivity index (χ1v) is 5.62. The van der Waals surface area contributed by atoms with Gasteiger partial charge < -0.3 is 9.64 Å². The zero-order chi connectivity index (χ0) is 11.7. The molecule has 1 aromatic carbocycles. The number of anilines is 1. The maximum absolute atomic E-state index is 11.3. The molecule has 0 unspecified atom stereocenters. The molecule has 0 heterocycles. The van der Waals surface area contributed by atoms with E-state index in [0.29, 0.717) is 16.6 Å². The number of esters is 1. The Morgan fingerprint density at radius 1 is 1.50 bits per heavy atom. The van der Waals surface area contributed by atoms with Crippen LogP contribution in [0.3, 0.4) is 0 Å². The van der Waals surface area contributed by atoms with E-state index >= 15 is 0 Å². The van der Waals surface area contributed by atoms with E-state index in [1.165, 1.54) is 20.0 Å². The average molecular weight is 240 g/mol. The standard InChI is InChI=1S/C12H14ClNO2/c1-14(9-4-5-9)11-6-3-8(7-10(11)13)12(15)16-2/h3,6-7,9H,4-5H2,1-2H3. The van der Waals surface area contributed by atoms with Gasteiger partial charge in [-0.05, 0) is 31.0 Å². The first-order chi connectivity index (χ1) is 7.63. The molecule has 0 atom stereocenters. The second-order valence-corrected chi connectivity index (χ2v) is 4.41. The van der Waals surface area contributed by atoms with Crippen molar-refractivity contribution in [1.82, 2.24) is 0 Å². The summed E-state index contributed by atoms with van der Waals surface area (Å²) in [5.74, 6) is -0.359. The van der Waals surface area contributed by atoms with Crippen molar-refractivity contribution in [1.29, 1.82) is 0 Å². The van der Waals surface area contributed by atoms with E-state index in [9.17, 15) is 4.79 Å². The summed E-state index contributed by atoms with van der Waals surface area (Å²) in [4.78, 5) is 13.5. The first-order valence-electron chi connectivity index (χ1n) is 5.24. The Labute approximate surface area is 100.0 Å². The van der Waals surface area contributed by atoms with Crippen LogP contribution >= 0.6 is 11.6 Å². The monoisotopic (exact) mass is 239 g/mol. The van der Waals surface area contributed by atoms with Crippen molar-refractivity contribution in [2.45, 2.75) is 18.9 Å². The lowest BCUT2D eigenvalue weighted by atomic mass is 10.2. The fraction of sp³-hybridized carbons (Fsp3) is 0.417. The minimum absolute atomic E-state index is 0.359. The lowest BCUT2D eigenvalue weighted by Crippen LogP contribution is -2.19. The summed E-state index contributed by atoms with van der Waals surface area (Å²) >= 11 is 6.15. The minimum atomic E-state index is -0.359. The van der Waals surface area contributed by atoms with E-state index in [0.717, 1.165) is 5.69 Å². The molecule has 1 saturated carbocycles. The normalized spacial score (nSPS) is 14.7. The number of nitrogens with zero attached hydrogens (tertiary/aromatic N) is 1. The highest BCUT2D eigenvalue weighted by molar-refractivity contribution is 6.33. The molecule has 0 aliphatic heterocycles. The van der Waals surface area contributed by atoms with Gasteiger partial charge in [-0.15, -0.1) is 0 Å². The SMILES string of the molecule is COC(=O)c1ccc(N(C)C2CC2)c(Cl)c1. The Kier molecular flexibility index (Phi) is 3.06. The number of rotatable bonds is 3. The maximum atomic E-state index is 11.3. The molecule has 2 rings (SSSR count). The van der Waals surface area contributed by atoms with Gasteiger partial charge in [-0.2, -0.15) is 0 Å². The fourth-order valence-corrected chi connectivity index (χ4v) is 2.01. The Balaban J connectivity index is 2.25. The number of halogens is 1. The van der Waals surface area contributed by atoms with E-state index in [4.69, 9.17) is 11.6 Å². The summed E-state index contributed by atoms with van der Waals surface area (Å²) < 4.78 is 4.64. The van der Waals surface area contributed by atoms with Crippen molar-refractivity contribution in [2.24, 2.45) is 0 Å². The highest BCUT2D eigenvalue weighted by Gasteiger charge is 2.27. The minimum Gasteiger partial charge on any atom is -0.465 e. The van der Waals surface area contributed by atoms with Gasteiger partial charge in [-0.25, -0.2) is 4.79 Å². The van der Waals surface area contributed by atoms with Gasteiger partial charge in [0.2, 0.25) is 0 Å². The Hall–Kier alpha value is -1.22. The molecule has 0 saturated heterocycles. The van der Waals surface area contributed by atoms with E-state index in [2.05, 4.69) is 9.64 Å². The van der Waals surface area contributed by atoms with Crippen LogP contribution in [0.2, 0.25) is 5.02 Å². The molecular weight excluding hydrogens is 226 g/mol. The number of benzene rings is 1. The third kappa shape index (κ3) is 2.14. The van der Waals surface area contributed by atoms with Gasteiger partial charge in [-0.1, -0.05) is 11.6 Å². The van der Waals surface area contributed by atoms with Crippen molar-refractivity contribution in [2.75, 3.05) is 19.1 Å². The predicted molar refractivity (Wildman–Crippen MR) is 64.2 cm³/mol. The molecule has 0 amide bonds. The number of methoxy groups -OCH3 is 1. The van der Waals surface area contributed by atoms with Crippen LogP contribution in [0.4, 0.5) is 5.69 Å². The Morgan fingerprint density at radius 3 is 2.69 bits per heavy atom. The van der Waals surface area contributed by atoms with Gasteiger partial charge >= 0.3 is 5.97 Å². The number of carbonyl (C=O) groups excluding carboxylic acids is 1. The molecule has 0 bridgehead atoms. The molecule has 1 aliphatic rings. The highest BCUT2D eigenvalue weighted by atomic mass is 35.5. The van der Waals surface area contributed by atoms with E-state index in [1.807, 2.05) is 13.1 Å². The van der Waals surface area contributed by atoms with Gasteiger partial charge in [0, 0.05) is 13.1 Å². The summed E-state index contributed by atoms with van der Waals surface area (Å²) in [5.41, 5.74) is 1.46. The van der Waals surface area contributed by atoms with Crippen LogP contribution in [-0.2, 0) is 4.74 Å². The second-order valence-electron chi connectivity index (χ2n) is 4.00. The summed E-state index contributed by atoms with van der Waals surface area (Å²) in [6.07, 6.45) is 2.43. The third-order valence-electron chi connectivity index (χ3n) is 2.84. The predicted octanol–water partition coefficient (Wildman–Crippen LogP) is 2.73. The lowest BCUT2D eigenvalue weighted by Gasteiger charge is -2.20. The Bertz CT molecular complexity index is 415. The van der Waals surface area contributed by atoms with Crippen LogP contribution in [0.15, 0.2) is 18.2 Å². The molecule has 86 valence electrons. The smallest absolute Gasteiger partial charge is 0.337 e. The van der Waals surface area contributed by atoms with Crippen LogP contribution in [-0.4, -0.2) is 26.2 Å². The van der Waals surface area contributed by atoms with Crippen molar-refractivity contribution >= 4 is 23.3 Å². The fourth-order valence-electron chi connectivity index (χ4n) is 1.70. The number of hydrogen-bond donors (Lipinski definition) is 0. The quantitative estimate of drug-likeness (QED) is 0.760. The molecule has 0 spiro atoms. The number of hydrogen-bond acceptors (Lipinski definition) is 3. The van der Waals surface area contributed by atoms with E-state index in [-0.39, 0.29) is 5.97 Å². The first kappa shape index (κ1) is 11.3. The molecule has 0 radical (unpaired) electrons. The largest absolute Gasteiger partial charge is 0.465 e. The van der Waals surface area contributed by atoms with Gasteiger partial charge in [-0.3, -0.25) is 0 Å². The number of ether oxygens (including phenoxy) is 1. The van der Waals surface area contributed by atoms with Crippen molar-refractivity contribution in [3.05, 3.63) is 28.8 Å². The zero-order valence-electron chi connectivity index (χ0n) is 9.37. The van der Waals surface area contributed by atoms with Crippen LogP contribution < -0.4 is 4.90 Å². The molecule has 0 N–H and O–H groups in total. The molecule has 1 fully saturated rings. The summed E-state index contributed by atoms with van der Waals surface area (Å²) in [6.45, 7) is 0.